The summed E-state index contributed by atoms with van der Waals surface area (Å²) in [5.74, 6) is -3.69. The standard InChI is InChI=1S/C36H40N4O8/c1-17-21(5-9-33(41)42)29-14-26-19(3)23(7-11-35(45)46)31(39-26)16-28-20(4)24(8-12-36(47)48)32(40-28)15-27-18(2)22(6-10-34(43)44)30(38-27)13-25(17)37-29/h13-16,37-40H,5-12H2,1-4H3,(H,41,42)(H,43,44)(H,45,46)(H,47,48). The van der Waals surface area contributed by atoms with E-state index < -0.39 is 23.9 Å². The van der Waals surface area contributed by atoms with Gasteiger partial charge in [0, 0.05) is 69.9 Å². The molecule has 252 valence electrons. The minimum atomic E-state index is -0.922. The van der Waals surface area contributed by atoms with Crippen molar-refractivity contribution in [2.75, 3.05) is 0 Å². The third kappa shape index (κ3) is 7.07. The number of aliphatic carboxylic acids is 4. The second kappa shape index (κ2) is 13.7. The zero-order valence-corrected chi connectivity index (χ0v) is 27.4. The summed E-state index contributed by atoms with van der Waals surface area (Å²) in [6.07, 6.45) is 8.48. The molecule has 1 aliphatic rings. The van der Waals surface area contributed by atoms with E-state index in [0.717, 1.165) is 66.6 Å². The highest BCUT2D eigenvalue weighted by Crippen LogP contribution is 2.24. The van der Waals surface area contributed by atoms with Crippen LogP contribution in [0.3, 0.4) is 0 Å². The smallest absolute Gasteiger partial charge is 0.303 e. The van der Waals surface area contributed by atoms with Gasteiger partial charge in [0.25, 0.3) is 0 Å². The number of carboxylic acids is 4. The van der Waals surface area contributed by atoms with Gasteiger partial charge >= 0.3 is 23.9 Å². The van der Waals surface area contributed by atoms with Crippen LogP contribution in [0.2, 0.25) is 0 Å². The lowest BCUT2D eigenvalue weighted by atomic mass is 10.0. The molecule has 0 spiro atoms. The first-order valence-corrected chi connectivity index (χ1v) is 15.8. The van der Waals surface area contributed by atoms with Crippen LogP contribution < -0.4 is 21.4 Å². The summed E-state index contributed by atoms with van der Waals surface area (Å²) >= 11 is 0. The minimum Gasteiger partial charge on any atom is -0.481 e. The molecule has 0 saturated carbocycles. The summed E-state index contributed by atoms with van der Waals surface area (Å²) in [5, 5.41) is 40.9. The molecular formula is C36H40N4O8. The number of rotatable bonds is 12. The molecule has 4 aromatic rings. The number of nitrogens with one attached hydrogen (secondary N) is 4. The average molecular weight is 657 g/mol. The fourth-order valence-electron chi connectivity index (χ4n) is 6.58. The van der Waals surface area contributed by atoms with Crippen molar-refractivity contribution in [1.82, 2.24) is 19.9 Å². The third-order valence-electron chi connectivity index (χ3n) is 9.31. The Kier molecular flexibility index (Phi) is 9.64. The molecule has 12 nitrogen and oxygen atoms in total. The number of H-pyrrole nitrogens is 4. The Labute approximate surface area is 275 Å². The van der Waals surface area contributed by atoms with Crippen molar-refractivity contribution in [1.29, 1.82) is 0 Å². The van der Waals surface area contributed by atoms with E-state index in [9.17, 15) is 39.6 Å². The largest absolute Gasteiger partial charge is 0.481 e. The van der Waals surface area contributed by atoms with E-state index in [4.69, 9.17) is 0 Å². The summed E-state index contributed by atoms with van der Waals surface area (Å²) in [5.41, 5.74) is 9.64. The Bertz CT molecular complexity index is 2050. The molecule has 8 N–H and O–H groups in total. The van der Waals surface area contributed by atoms with Gasteiger partial charge in [0.05, 0.1) is 0 Å². The van der Waals surface area contributed by atoms with E-state index in [2.05, 4.69) is 19.9 Å². The van der Waals surface area contributed by atoms with Gasteiger partial charge in [-0.05, 0) is 122 Å². The zero-order chi connectivity index (χ0) is 34.9. The SMILES string of the molecule is Cc1c2[nH]c(c1CCC(=O)O)C=c1[nH]c(c(CCC(=O)O)c1C)=Cc1[nH]c(c(CCC(=O)O)c1C)C=c1[nH]c(c(CCC(=O)O)c1C)=C2. The molecular weight excluding hydrogens is 616 g/mol. The first kappa shape index (κ1) is 33.8. The number of aromatic nitrogens is 4. The Morgan fingerprint density at radius 2 is 0.708 bits per heavy atom. The molecule has 12 heteroatoms. The lowest BCUT2D eigenvalue weighted by Gasteiger charge is -2.01. The predicted octanol–water partition coefficient (Wildman–Crippen LogP) is 1.93. The number of aromatic amines is 4. The molecule has 5 heterocycles. The second-order valence-electron chi connectivity index (χ2n) is 12.4. The third-order valence-corrected chi connectivity index (χ3v) is 9.31. The molecule has 48 heavy (non-hydrogen) atoms. The van der Waals surface area contributed by atoms with E-state index in [-0.39, 0.29) is 51.4 Å². The van der Waals surface area contributed by atoms with Crippen LogP contribution in [-0.4, -0.2) is 64.2 Å². The van der Waals surface area contributed by atoms with Crippen LogP contribution in [0, 0.1) is 27.7 Å². The van der Waals surface area contributed by atoms with E-state index >= 15 is 0 Å². The van der Waals surface area contributed by atoms with Gasteiger partial charge in [0.1, 0.15) is 0 Å². The topological polar surface area (TPSA) is 212 Å². The Morgan fingerprint density at radius 3 is 1.02 bits per heavy atom. The first-order chi connectivity index (χ1) is 22.7. The number of hydrogen-bond donors (Lipinski definition) is 8. The number of carboxylic acid groups (broad SMARTS) is 4. The van der Waals surface area contributed by atoms with Gasteiger partial charge in [-0.3, -0.25) is 19.2 Å². The lowest BCUT2D eigenvalue weighted by Crippen LogP contribution is -2.14. The van der Waals surface area contributed by atoms with Gasteiger partial charge in [0.15, 0.2) is 0 Å². The summed E-state index contributed by atoms with van der Waals surface area (Å²) in [6, 6.07) is 0. The fourth-order valence-corrected chi connectivity index (χ4v) is 6.58. The van der Waals surface area contributed by atoms with Gasteiger partial charge in [-0.2, -0.15) is 0 Å². The monoisotopic (exact) mass is 656 g/mol. The van der Waals surface area contributed by atoms with Gasteiger partial charge in [0.2, 0.25) is 0 Å². The van der Waals surface area contributed by atoms with Crippen LogP contribution in [-0.2, 0) is 44.9 Å². The number of carbonyl (C=O) groups is 4. The van der Waals surface area contributed by atoms with E-state index in [1.165, 1.54) is 0 Å². The average Bonchev–Trinajstić information content (AvgIpc) is 3.66. The zero-order valence-electron chi connectivity index (χ0n) is 27.4. The van der Waals surface area contributed by atoms with Crippen molar-refractivity contribution in [3.05, 3.63) is 88.7 Å². The molecule has 1 aliphatic heterocycles. The Hall–Kier alpha value is -5.52. The van der Waals surface area contributed by atoms with Crippen molar-refractivity contribution in [2.45, 2.75) is 79.1 Å². The Balaban J connectivity index is 1.89. The molecule has 4 aromatic heterocycles. The normalized spacial score (nSPS) is 12.1. The van der Waals surface area contributed by atoms with Crippen molar-refractivity contribution in [3.63, 3.8) is 0 Å². The molecule has 0 amide bonds. The van der Waals surface area contributed by atoms with Crippen LogP contribution in [0.4, 0.5) is 0 Å². The van der Waals surface area contributed by atoms with Crippen molar-refractivity contribution in [2.24, 2.45) is 0 Å². The molecule has 0 aliphatic carbocycles. The van der Waals surface area contributed by atoms with Crippen molar-refractivity contribution >= 4 is 48.2 Å². The van der Waals surface area contributed by atoms with Crippen molar-refractivity contribution < 1.29 is 39.6 Å². The van der Waals surface area contributed by atoms with Crippen LogP contribution in [0.5, 0.6) is 0 Å². The molecule has 0 aromatic carbocycles. The fraction of sp³-hybridized carbons (Fsp3) is 0.333. The summed E-state index contributed by atoms with van der Waals surface area (Å²) in [7, 11) is 0. The van der Waals surface area contributed by atoms with E-state index in [1.54, 1.807) is 0 Å². The first-order valence-electron chi connectivity index (χ1n) is 15.8. The van der Waals surface area contributed by atoms with Crippen molar-refractivity contribution in [3.8, 4) is 0 Å². The molecule has 0 unspecified atom stereocenters. The highest BCUT2D eigenvalue weighted by atomic mass is 16.4. The Morgan fingerprint density at radius 1 is 0.417 bits per heavy atom. The maximum atomic E-state index is 11.6. The summed E-state index contributed by atoms with van der Waals surface area (Å²) in [4.78, 5) is 60.3. The quantitative estimate of drug-likeness (QED) is 0.0992. The summed E-state index contributed by atoms with van der Waals surface area (Å²) < 4.78 is 0. The molecule has 0 fully saturated rings. The summed E-state index contributed by atoms with van der Waals surface area (Å²) in [6.45, 7) is 7.67. The molecule has 0 atom stereocenters. The van der Waals surface area contributed by atoms with Gasteiger partial charge < -0.3 is 40.4 Å². The predicted molar refractivity (Wildman–Crippen MR) is 179 cm³/mol. The van der Waals surface area contributed by atoms with Crippen LogP contribution >= 0.6 is 0 Å². The van der Waals surface area contributed by atoms with Crippen LogP contribution in [0.25, 0.3) is 24.3 Å². The number of fused-ring (bicyclic) bond motifs is 8. The molecule has 0 saturated heterocycles. The van der Waals surface area contributed by atoms with Crippen LogP contribution in [0.15, 0.2) is 0 Å². The lowest BCUT2D eigenvalue weighted by molar-refractivity contribution is -0.138. The maximum Gasteiger partial charge on any atom is 0.303 e. The number of hydrogen-bond acceptors (Lipinski definition) is 4. The maximum absolute atomic E-state index is 11.6. The second-order valence-corrected chi connectivity index (χ2v) is 12.4. The molecule has 0 radical (unpaired) electrons. The van der Waals surface area contributed by atoms with Gasteiger partial charge in [-0.1, -0.05) is 0 Å². The minimum absolute atomic E-state index is 0.0748. The van der Waals surface area contributed by atoms with Gasteiger partial charge in [-0.15, -0.1) is 0 Å². The molecule has 5 rings (SSSR count). The van der Waals surface area contributed by atoms with Crippen LogP contribution in [0.1, 0.15) is 93.0 Å². The molecule has 8 bridgehead atoms. The highest BCUT2D eigenvalue weighted by molar-refractivity contribution is 5.71. The van der Waals surface area contributed by atoms with E-state index in [1.807, 2.05) is 52.0 Å². The van der Waals surface area contributed by atoms with E-state index in [0.29, 0.717) is 22.1 Å². The highest BCUT2D eigenvalue weighted by Gasteiger charge is 2.19. The van der Waals surface area contributed by atoms with Gasteiger partial charge in [-0.25, -0.2) is 0 Å².